The first kappa shape index (κ1) is 48.8. The van der Waals surface area contributed by atoms with Crippen LogP contribution in [0.3, 0.4) is 0 Å². The van der Waals surface area contributed by atoms with E-state index in [4.69, 9.17) is 25.3 Å². The zero-order valence-electron chi connectivity index (χ0n) is 29.6. The molecule has 57 heavy (non-hydrogen) atoms. The van der Waals surface area contributed by atoms with Gasteiger partial charge >= 0.3 is 32.5 Å². The van der Waals surface area contributed by atoms with Gasteiger partial charge in [-0.05, 0) is 24.0 Å². The summed E-state index contributed by atoms with van der Waals surface area (Å²) in [5.41, 5.74) is -5.91. The van der Waals surface area contributed by atoms with Crippen LogP contribution in [0.4, 0.5) is 17.6 Å². The highest BCUT2D eigenvalue weighted by atomic mass is 32.1. The van der Waals surface area contributed by atoms with Gasteiger partial charge in [0.2, 0.25) is 29.5 Å². The number of primary amides is 1. The van der Waals surface area contributed by atoms with E-state index in [0.29, 0.717) is 43.5 Å². The fraction of sp³-hybridized carbons (Fsp3) is 0.438. The third-order valence-corrected chi connectivity index (χ3v) is 10.4. The number of nitrogens with two attached hydrogens (primary N) is 1. The summed E-state index contributed by atoms with van der Waals surface area (Å²) in [6, 6.07) is 2.25. The van der Waals surface area contributed by atoms with Crippen molar-refractivity contribution in [3.63, 3.8) is 0 Å². The summed E-state index contributed by atoms with van der Waals surface area (Å²) < 4.78 is 78.8. The van der Waals surface area contributed by atoms with Crippen molar-refractivity contribution in [1.29, 1.82) is 0 Å². The number of aliphatic carboxylic acids is 1. The lowest BCUT2D eigenvalue weighted by Gasteiger charge is -2.23. The van der Waals surface area contributed by atoms with Crippen LogP contribution in [0, 0.1) is 0 Å². The van der Waals surface area contributed by atoms with Crippen molar-refractivity contribution in [2.45, 2.75) is 74.4 Å². The van der Waals surface area contributed by atoms with Crippen LogP contribution < -0.4 is 27.0 Å². The van der Waals surface area contributed by atoms with Crippen molar-refractivity contribution in [3.05, 3.63) is 70.8 Å². The number of unbranched alkanes of at least 4 members (excludes halogenated alkanes) is 2. The number of carbonyl (C=O) groups is 6. The number of carboxylic acids is 1. The zero-order valence-corrected chi connectivity index (χ0v) is 32.3. The summed E-state index contributed by atoms with van der Waals surface area (Å²) in [5, 5.41) is 18.8. The van der Waals surface area contributed by atoms with Gasteiger partial charge in [0.1, 0.15) is 18.1 Å². The third-order valence-electron chi connectivity index (χ3n) is 8.04. The van der Waals surface area contributed by atoms with Crippen molar-refractivity contribution in [1.82, 2.24) is 21.3 Å². The molecule has 2 aromatic rings. The number of hydrogen-bond donors (Lipinski definition) is 11. The summed E-state index contributed by atoms with van der Waals surface area (Å²) in [6.45, 7) is -0.0189. The molecule has 3 unspecified atom stereocenters. The maximum Gasteiger partial charge on any atom is 0.399 e. The minimum atomic E-state index is -5.92. The van der Waals surface area contributed by atoms with Crippen molar-refractivity contribution in [2.75, 3.05) is 12.3 Å². The van der Waals surface area contributed by atoms with Crippen molar-refractivity contribution >= 4 is 63.3 Å². The number of nitrogens with one attached hydrogen (secondary N) is 4. The Bertz CT molecular complexity index is 1870. The van der Waals surface area contributed by atoms with E-state index in [9.17, 15) is 60.6 Å². The molecule has 0 bridgehead atoms. The predicted octanol–water partition coefficient (Wildman–Crippen LogP) is 0.947. The van der Waals surface area contributed by atoms with Crippen LogP contribution in [0.15, 0.2) is 48.5 Å². The Kier molecular flexibility index (Phi) is 17.9. The van der Waals surface area contributed by atoms with Crippen molar-refractivity contribution in [3.8, 4) is 0 Å². The Balaban J connectivity index is 2.20. The van der Waals surface area contributed by atoms with Gasteiger partial charge in [0, 0.05) is 36.3 Å². The smallest absolute Gasteiger partial charge is 0.399 e. The molecule has 3 atom stereocenters. The second-order valence-corrected chi connectivity index (χ2v) is 16.2. The molecule has 5 amide bonds. The van der Waals surface area contributed by atoms with Crippen LogP contribution in [-0.4, -0.2) is 90.6 Å². The van der Waals surface area contributed by atoms with Gasteiger partial charge in [-0.25, -0.2) is 0 Å². The molecule has 2 aromatic carbocycles. The number of carboxylic acid groups (broad SMARTS) is 1. The van der Waals surface area contributed by atoms with Crippen LogP contribution in [0.2, 0.25) is 0 Å². The molecule has 2 rings (SSSR count). The van der Waals surface area contributed by atoms with Gasteiger partial charge in [-0.2, -0.15) is 30.2 Å². The topological polar surface area (TPSA) is 312 Å². The Morgan fingerprint density at radius 1 is 0.684 bits per heavy atom. The van der Waals surface area contributed by atoms with Crippen LogP contribution in [0.25, 0.3) is 0 Å². The second kappa shape index (κ2) is 20.9. The van der Waals surface area contributed by atoms with Gasteiger partial charge in [0.25, 0.3) is 0 Å². The normalized spacial score (nSPS) is 13.8. The van der Waals surface area contributed by atoms with Gasteiger partial charge in [-0.1, -0.05) is 55.0 Å². The van der Waals surface area contributed by atoms with Crippen LogP contribution in [-0.2, 0) is 62.1 Å². The number of amides is 5. The second-order valence-electron chi connectivity index (χ2n) is 12.5. The summed E-state index contributed by atoms with van der Waals surface area (Å²) in [4.78, 5) is 110. The summed E-state index contributed by atoms with van der Waals surface area (Å²) in [6.07, 6.45) is -1.06. The number of hydrogen-bond acceptors (Lipinski definition) is 9. The average Bonchev–Trinajstić information content (AvgIpc) is 3.10. The van der Waals surface area contributed by atoms with E-state index in [1.54, 1.807) is 0 Å². The number of carbonyl (C=O) groups excluding carboxylic acids is 5. The molecule has 0 aromatic heterocycles. The van der Waals surface area contributed by atoms with Crippen molar-refractivity contribution < 1.29 is 80.1 Å². The highest BCUT2D eigenvalue weighted by Gasteiger charge is 2.51. The Labute approximate surface area is 327 Å². The van der Waals surface area contributed by atoms with E-state index in [1.807, 2.05) is 0 Å². The number of rotatable bonds is 23. The van der Waals surface area contributed by atoms with E-state index >= 15 is 0 Å². The fourth-order valence-corrected chi connectivity index (χ4v) is 6.17. The summed E-state index contributed by atoms with van der Waals surface area (Å²) in [7, 11) is -11.8. The quantitative estimate of drug-likeness (QED) is 0.0321. The lowest BCUT2D eigenvalue weighted by molar-refractivity contribution is -0.141. The molecule has 0 saturated carbocycles. The molecule has 0 fully saturated rings. The largest absolute Gasteiger partial charge is 0.481 e. The SMILES string of the molecule is NC(=O)C(CS)NC(=O)CCCCCNC(=O)C(Cc1ccc(C(F)(F)P(=O)(O)O)cc1)NC(=O)C(CC(=O)O)NC(=O)Cc1ccc(C(F)(F)P(=O)(O)O)cc1. The van der Waals surface area contributed by atoms with Gasteiger partial charge in [0.05, 0.1) is 12.8 Å². The molecule has 0 aliphatic rings. The third kappa shape index (κ3) is 14.8. The van der Waals surface area contributed by atoms with Crippen LogP contribution in [0.5, 0.6) is 0 Å². The number of thiol groups is 1. The molecule has 0 aliphatic heterocycles. The molecule has 0 saturated heterocycles. The van der Waals surface area contributed by atoms with Gasteiger partial charge in [-0.3, -0.25) is 37.9 Å². The number of benzene rings is 2. The Morgan fingerprint density at radius 2 is 1.18 bits per heavy atom. The Hall–Kier alpha value is -4.37. The minimum absolute atomic E-state index is 0.00971. The average molecular weight is 874 g/mol. The van der Waals surface area contributed by atoms with Crippen LogP contribution in [0.1, 0.15) is 54.4 Å². The minimum Gasteiger partial charge on any atom is -0.481 e. The first-order valence-electron chi connectivity index (χ1n) is 16.6. The van der Waals surface area contributed by atoms with E-state index in [-0.39, 0.29) is 29.8 Å². The van der Waals surface area contributed by atoms with Gasteiger partial charge in [0.15, 0.2) is 0 Å². The van der Waals surface area contributed by atoms with Gasteiger partial charge in [-0.15, -0.1) is 0 Å². The predicted molar refractivity (Wildman–Crippen MR) is 195 cm³/mol. The molecule has 316 valence electrons. The molecule has 25 heteroatoms. The van der Waals surface area contributed by atoms with Gasteiger partial charge < -0.3 is 51.7 Å². The molecule has 0 aliphatic carbocycles. The van der Waals surface area contributed by atoms with E-state index in [2.05, 4.69) is 33.9 Å². The van der Waals surface area contributed by atoms with E-state index in [0.717, 1.165) is 24.3 Å². The standard InChI is InChI=1S/C32H41F4N5O13P2S/c33-31(34,55(49,50)51)20-9-5-18(6-10-20)14-22(29(47)38-13-3-1-2-4-25(42)40-24(17-57)28(37)46)41-30(48)23(16-27(44)45)39-26(43)15-19-7-11-21(12-8-19)32(35,36)56(52,53)54/h5-12,22-24,57H,1-4,13-17H2,(H2,37,46)(H,38,47)(H,39,43)(H,40,42)(H,41,48)(H,44,45)(H2,49,50,51)(H2,52,53,54). The van der Waals surface area contributed by atoms with E-state index in [1.165, 1.54) is 0 Å². The lowest BCUT2D eigenvalue weighted by atomic mass is 10.0. The molecule has 0 spiro atoms. The molecule has 0 heterocycles. The summed E-state index contributed by atoms with van der Waals surface area (Å²) >= 11 is 3.93. The number of halogens is 4. The van der Waals surface area contributed by atoms with Crippen molar-refractivity contribution in [2.24, 2.45) is 5.73 Å². The maximum atomic E-state index is 14.2. The lowest BCUT2D eigenvalue weighted by Crippen LogP contribution is -2.55. The van der Waals surface area contributed by atoms with E-state index < -0.39 is 111 Å². The molecule has 18 nitrogen and oxygen atoms in total. The first-order chi connectivity index (χ1) is 26.3. The fourth-order valence-electron chi connectivity index (χ4n) is 4.93. The number of alkyl halides is 4. The van der Waals surface area contributed by atoms with Crippen LogP contribution >= 0.6 is 27.8 Å². The highest BCUT2D eigenvalue weighted by molar-refractivity contribution is 7.80. The molecular weight excluding hydrogens is 832 g/mol. The zero-order chi connectivity index (χ0) is 43.4. The maximum absolute atomic E-state index is 14.2. The molecule has 11 N–H and O–H groups in total. The highest BCUT2D eigenvalue weighted by Crippen LogP contribution is 2.60. The first-order valence-corrected chi connectivity index (χ1v) is 20.5. The molecular formula is C32H41F4N5O13P2S. The Morgan fingerprint density at radius 3 is 1.63 bits per heavy atom. The monoisotopic (exact) mass is 873 g/mol. The summed E-state index contributed by atoms with van der Waals surface area (Å²) in [5.74, 6) is -5.89. The molecule has 0 radical (unpaired) electrons.